The van der Waals surface area contributed by atoms with Crippen LogP contribution in [0.2, 0.25) is 0 Å². The molecule has 0 heterocycles. The zero-order chi connectivity index (χ0) is 7.82. The second kappa shape index (κ2) is 6.20. The molecule has 0 aliphatic carbocycles. The number of hydrogen-bond donors (Lipinski definition) is 0. The maximum Gasteiger partial charge on any atom is 0.127 e. The highest BCUT2D eigenvalue weighted by molar-refractivity contribution is 5.86. The maximum atomic E-state index is 4.06. The van der Waals surface area contributed by atoms with Crippen molar-refractivity contribution < 1.29 is 0 Å². The largest absolute Gasteiger partial charge is 0.249 e. The molecule has 0 atom stereocenters. The van der Waals surface area contributed by atoms with Gasteiger partial charge in [0.1, 0.15) is 5.84 Å². The average Bonchev–Trinajstić information content (AvgIpc) is 1.99. The van der Waals surface area contributed by atoms with Crippen LogP contribution in [0.25, 0.3) is 0 Å². The lowest BCUT2D eigenvalue weighted by Crippen LogP contribution is -1.86. The standard InChI is InChI=1S/C8H14N2/c1-4-6-7-10-8(5-2)9-3/h6-7H,3-5H2,1-2H3/b7-6-,10-8?. The van der Waals surface area contributed by atoms with E-state index in [9.17, 15) is 0 Å². The SMILES string of the molecule is C=NC(CC)=N/C=C\CC. The van der Waals surface area contributed by atoms with Crippen molar-refractivity contribution in [1.29, 1.82) is 0 Å². The Balaban J connectivity index is 3.85. The van der Waals surface area contributed by atoms with Crippen LogP contribution in [-0.2, 0) is 0 Å². The normalized spacial score (nSPS) is 12.4. The zero-order valence-electron chi connectivity index (χ0n) is 6.67. The van der Waals surface area contributed by atoms with Crippen LogP contribution in [0.15, 0.2) is 22.3 Å². The van der Waals surface area contributed by atoms with E-state index in [1.807, 2.05) is 13.0 Å². The second-order valence-corrected chi connectivity index (χ2v) is 1.85. The highest BCUT2D eigenvalue weighted by Gasteiger charge is 1.83. The van der Waals surface area contributed by atoms with Crippen LogP contribution in [0.5, 0.6) is 0 Å². The van der Waals surface area contributed by atoms with E-state index in [0.29, 0.717) is 0 Å². The molecule has 0 unspecified atom stereocenters. The van der Waals surface area contributed by atoms with Crippen molar-refractivity contribution in [3.63, 3.8) is 0 Å². The molecule has 56 valence electrons. The summed E-state index contributed by atoms with van der Waals surface area (Å²) in [4.78, 5) is 7.78. The molecular weight excluding hydrogens is 124 g/mol. The molecule has 0 aromatic heterocycles. The molecule has 2 nitrogen and oxygen atoms in total. The number of aliphatic imine (C=N–C) groups is 2. The minimum absolute atomic E-state index is 0.796. The van der Waals surface area contributed by atoms with Crippen molar-refractivity contribution >= 4 is 12.6 Å². The van der Waals surface area contributed by atoms with Gasteiger partial charge in [-0.2, -0.15) is 0 Å². The minimum Gasteiger partial charge on any atom is -0.249 e. The van der Waals surface area contributed by atoms with Gasteiger partial charge in [0.25, 0.3) is 0 Å². The quantitative estimate of drug-likeness (QED) is 0.422. The van der Waals surface area contributed by atoms with Crippen LogP contribution in [0, 0.1) is 0 Å². The van der Waals surface area contributed by atoms with E-state index in [2.05, 4.69) is 23.6 Å². The Hall–Kier alpha value is -0.920. The van der Waals surface area contributed by atoms with Crippen molar-refractivity contribution in [2.45, 2.75) is 26.7 Å². The molecule has 0 rings (SSSR count). The Morgan fingerprint density at radius 1 is 1.50 bits per heavy atom. The summed E-state index contributed by atoms with van der Waals surface area (Å²) < 4.78 is 0. The smallest absolute Gasteiger partial charge is 0.127 e. The molecule has 0 saturated heterocycles. The molecule has 10 heavy (non-hydrogen) atoms. The van der Waals surface area contributed by atoms with E-state index in [-0.39, 0.29) is 0 Å². The number of nitrogens with zero attached hydrogens (tertiary/aromatic N) is 2. The first-order valence-corrected chi connectivity index (χ1v) is 3.53. The zero-order valence-corrected chi connectivity index (χ0v) is 6.67. The summed E-state index contributed by atoms with van der Waals surface area (Å²) in [5, 5.41) is 0. The predicted molar refractivity (Wildman–Crippen MR) is 46.7 cm³/mol. The molecule has 0 bridgehead atoms. The molecule has 0 aromatic carbocycles. The summed E-state index contributed by atoms with van der Waals surface area (Å²) in [6, 6.07) is 0. The van der Waals surface area contributed by atoms with Gasteiger partial charge in [-0.25, -0.2) is 9.98 Å². The van der Waals surface area contributed by atoms with Crippen molar-refractivity contribution in [3.05, 3.63) is 12.3 Å². The van der Waals surface area contributed by atoms with Gasteiger partial charge in [-0.15, -0.1) is 0 Å². The molecule has 0 aliphatic rings. The lowest BCUT2D eigenvalue weighted by atomic mass is 10.4. The van der Waals surface area contributed by atoms with Gasteiger partial charge in [-0.3, -0.25) is 0 Å². The Kier molecular flexibility index (Phi) is 5.63. The highest BCUT2D eigenvalue weighted by Crippen LogP contribution is 1.88. The van der Waals surface area contributed by atoms with Crippen molar-refractivity contribution in [1.82, 2.24) is 0 Å². The van der Waals surface area contributed by atoms with Gasteiger partial charge in [0.05, 0.1) is 0 Å². The van der Waals surface area contributed by atoms with Crippen molar-refractivity contribution in [2.24, 2.45) is 9.98 Å². The van der Waals surface area contributed by atoms with Crippen molar-refractivity contribution in [2.75, 3.05) is 0 Å². The third-order valence-corrected chi connectivity index (χ3v) is 1.06. The molecule has 0 N–H and O–H groups in total. The van der Waals surface area contributed by atoms with Gasteiger partial charge < -0.3 is 0 Å². The maximum absolute atomic E-state index is 4.06. The molecule has 0 fully saturated rings. The third kappa shape index (κ3) is 4.01. The van der Waals surface area contributed by atoms with Crippen LogP contribution in [0.1, 0.15) is 26.7 Å². The summed E-state index contributed by atoms with van der Waals surface area (Å²) >= 11 is 0. The van der Waals surface area contributed by atoms with Crippen LogP contribution >= 0.6 is 0 Å². The lowest BCUT2D eigenvalue weighted by Gasteiger charge is -1.88. The first-order chi connectivity index (χ1) is 4.85. The topological polar surface area (TPSA) is 24.7 Å². The summed E-state index contributed by atoms with van der Waals surface area (Å²) in [6.45, 7) is 7.47. The monoisotopic (exact) mass is 138 g/mol. The average molecular weight is 138 g/mol. The number of rotatable bonds is 3. The van der Waals surface area contributed by atoms with E-state index in [0.717, 1.165) is 18.7 Å². The molecule has 0 amide bonds. The van der Waals surface area contributed by atoms with Crippen LogP contribution in [0.3, 0.4) is 0 Å². The number of amidine groups is 1. The summed E-state index contributed by atoms with van der Waals surface area (Å²) in [6.07, 6.45) is 5.61. The fraction of sp³-hybridized carbons (Fsp3) is 0.500. The summed E-state index contributed by atoms with van der Waals surface area (Å²) in [5.41, 5.74) is 0. The van der Waals surface area contributed by atoms with Gasteiger partial charge in [0.15, 0.2) is 0 Å². The second-order valence-electron chi connectivity index (χ2n) is 1.85. The lowest BCUT2D eigenvalue weighted by molar-refractivity contribution is 1.19. The molecule has 0 radical (unpaired) electrons. The highest BCUT2D eigenvalue weighted by atomic mass is 14.9. The first-order valence-electron chi connectivity index (χ1n) is 3.53. The summed E-state index contributed by atoms with van der Waals surface area (Å²) in [5.74, 6) is 0.796. The van der Waals surface area contributed by atoms with Crippen LogP contribution in [-0.4, -0.2) is 12.6 Å². The molecule has 0 spiro atoms. The Labute approximate surface area is 62.4 Å². The van der Waals surface area contributed by atoms with E-state index < -0.39 is 0 Å². The Morgan fingerprint density at radius 3 is 2.60 bits per heavy atom. The fourth-order valence-electron chi connectivity index (χ4n) is 0.488. The predicted octanol–water partition coefficient (Wildman–Crippen LogP) is 2.42. The molecule has 0 aromatic rings. The van der Waals surface area contributed by atoms with E-state index in [1.165, 1.54) is 0 Å². The van der Waals surface area contributed by atoms with Crippen LogP contribution in [0.4, 0.5) is 0 Å². The molecular formula is C8H14N2. The Bertz CT molecular complexity index is 145. The minimum atomic E-state index is 0.796. The van der Waals surface area contributed by atoms with Gasteiger partial charge in [-0.05, 0) is 13.1 Å². The molecule has 0 saturated carbocycles. The number of hydrogen-bond acceptors (Lipinski definition) is 1. The number of allylic oxidation sites excluding steroid dienone is 1. The van der Waals surface area contributed by atoms with Gasteiger partial charge >= 0.3 is 0 Å². The van der Waals surface area contributed by atoms with E-state index in [4.69, 9.17) is 0 Å². The Morgan fingerprint density at radius 2 is 2.20 bits per heavy atom. The molecule has 2 heteroatoms. The summed E-state index contributed by atoms with van der Waals surface area (Å²) in [7, 11) is 0. The van der Waals surface area contributed by atoms with E-state index in [1.54, 1.807) is 6.20 Å². The van der Waals surface area contributed by atoms with Gasteiger partial charge in [0, 0.05) is 12.6 Å². The van der Waals surface area contributed by atoms with Gasteiger partial charge in [0.2, 0.25) is 0 Å². The van der Waals surface area contributed by atoms with Crippen LogP contribution < -0.4 is 0 Å². The van der Waals surface area contributed by atoms with E-state index >= 15 is 0 Å². The molecule has 0 aliphatic heterocycles. The fourth-order valence-corrected chi connectivity index (χ4v) is 0.488. The van der Waals surface area contributed by atoms with Crippen molar-refractivity contribution in [3.8, 4) is 0 Å². The van der Waals surface area contributed by atoms with Gasteiger partial charge in [-0.1, -0.05) is 19.9 Å². The first kappa shape index (κ1) is 9.08. The third-order valence-electron chi connectivity index (χ3n) is 1.06.